The maximum absolute atomic E-state index is 13.1. The second-order valence-electron chi connectivity index (χ2n) is 4.60. The van der Waals surface area contributed by atoms with Crippen LogP contribution in [0.4, 0.5) is 18.3 Å². The first-order valence-electron chi connectivity index (χ1n) is 6.74. The SMILES string of the molecule is COc1ncnc(OC)c1C(=O)Nc1nc(C(F)(F)F)c(/C(C)=N/O)s1. The second-order valence-corrected chi connectivity index (χ2v) is 5.60. The highest BCUT2D eigenvalue weighted by atomic mass is 32.1. The summed E-state index contributed by atoms with van der Waals surface area (Å²) in [5, 5.41) is 13.3. The Morgan fingerprint density at radius 2 is 1.85 bits per heavy atom. The van der Waals surface area contributed by atoms with Gasteiger partial charge in [-0.25, -0.2) is 15.0 Å². The van der Waals surface area contributed by atoms with Crippen molar-refractivity contribution in [3.63, 3.8) is 0 Å². The van der Waals surface area contributed by atoms with Crippen LogP contribution in [0.25, 0.3) is 0 Å². The molecule has 9 nitrogen and oxygen atoms in total. The van der Waals surface area contributed by atoms with Crippen molar-refractivity contribution in [2.75, 3.05) is 19.5 Å². The Morgan fingerprint density at radius 1 is 1.27 bits per heavy atom. The van der Waals surface area contributed by atoms with Gasteiger partial charge in [0.05, 0.1) is 24.8 Å². The Kier molecular flexibility index (Phi) is 5.59. The van der Waals surface area contributed by atoms with Gasteiger partial charge in [-0.1, -0.05) is 16.5 Å². The zero-order valence-electron chi connectivity index (χ0n) is 13.6. The number of nitrogens with zero attached hydrogens (tertiary/aromatic N) is 4. The normalized spacial score (nSPS) is 12.0. The maximum Gasteiger partial charge on any atom is 0.434 e. The summed E-state index contributed by atoms with van der Waals surface area (Å²) in [6, 6.07) is 0. The number of anilines is 1. The van der Waals surface area contributed by atoms with Gasteiger partial charge in [0.25, 0.3) is 5.91 Å². The van der Waals surface area contributed by atoms with E-state index >= 15 is 0 Å². The molecule has 0 aliphatic carbocycles. The molecule has 0 bridgehead atoms. The molecule has 26 heavy (non-hydrogen) atoms. The summed E-state index contributed by atoms with van der Waals surface area (Å²) in [6.07, 6.45) is -3.70. The molecule has 0 aliphatic heterocycles. The lowest BCUT2D eigenvalue weighted by Gasteiger charge is -2.09. The lowest BCUT2D eigenvalue weighted by molar-refractivity contribution is -0.140. The number of methoxy groups -OCH3 is 2. The van der Waals surface area contributed by atoms with Gasteiger partial charge in [0, 0.05) is 0 Å². The average Bonchev–Trinajstić information content (AvgIpc) is 3.04. The molecule has 0 fully saturated rings. The van der Waals surface area contributed by atoms with E-state index in [1.54, 1.807) is 0 Å². The number of nitrogens with one attached hydrogen (secondary N) is 1. The van der Waals surface area contributed by atoms with Gasteiger partial charge < -0.3 is 14.7 Å². The predicted molar refractivity (Wildman–Crippen MR) is 84.2 cm³/mol. The summed E-state index contributed by atoms with van der Waals surface area (Å²) in [5.74, 6) is -1.14. The summed E-state index contributed by atoms with van der Waals surface area (Å²) < 4.78 is 49.2. The van der Waals surface area contributed by atoms with E-state index in [9.17, 15) is 18.0 Å². The molecule has 0 saturated carbocycles. The third kappa shape index (κ3) is 3.82. The Hall–Kier alpha value is -2.96. The lowest BCUT2D eigenvalue weighted by atomic mass is 10.2. The number of hydrogen-bond acceptors (Lipinski definition) is 9. The smallest absolute Gasteiger partial charge is 0.434 e. The molecule has 140 valence electrons. The van der Waals surface area contributed by atoms with Crippen molar-refractivity contribution in [1.82, 2.24) is 15.0 Å². The van der Waals surface area contributed by atoms with Crippen LogP contribution in [0.15, 0.2) is 11.5 Å². The number of aromatic nitrogens is 3. The summed E-state index contributed by atoms with van der Waals surface area (Å²) in [6.45, 7) is 1.17. The molecular formula is C13H12F3N5O4S. The minimum absolute atomic E-state index is 0.129. The molecule has 0 unspecified atom stereocenters. The Bertz CT molecular complexity index is 831. The molecule has 2 heterocycles. The van der Waals surface area contributed by atoms with Crippen molar-refractivity contribution in [1.29, 1.82) is 0 Å². The predicted octanol–water partition coefficient (Wildman–Crippen LogP) is 2.42. The van der Waals surface area contributed by atoms with Gasteiger partial charge in [-0.3, -0.25) is 10.1 Å². The van der Waals surface area contributed by atoms with Crippen molar-refractivity contribution >= 4 is 28.1 Å². The molecule has 13 heteroatoms. The van der Waals surface area contributed by atoms with Crippen molar-refractivity contribution in [3.8, 4) is 11.8 Å². The van der Waals surface area contributed by atoms with E-state index in [1.165, 1.54) is 21.1 Å². The van der Waals surface area contributed by atoms with Crippen LogP contribution in [-0.2, 0) is 6.18 Å². The van der Waals surface area contributed by atoms with E-state index in [-0.39, 0.29) is 28.2 Å². The van der Waals surface area contributed by atoms with E-state index in [0.29, 0.717) is 11.3 Å². The number of carbonyl (C=O) groups is 1. The Labute approximate surface area is 148 Å². The largest absolute Gasteiger partial charge is 0.480 e. The second kappa shape index (κ2) is 7.51. The number of thiazole rings is 1. The fourth-order valence-electron chi connectivity index (χ4n) is 1.87. The number of amides is 1. The third-order valence-electron chi connectivity index (χ3n) is 2.99. The summed E-state index contributed by atoms with van der Waals surface area (Å²) >= 11 is 0.493. The first-order valence-corrected chi connectivity index (χ1v) is 7.55. The molecular weight excluding hydrogens is 379 g/mol. The van der Waals surface area contributed by atoms with E-state index in [1.807, 2.05) is 0 Å². The van der Waals surface area contributed by atoms with Gasteiger partial charge in [-0.2, -0.15) is 13.2 Å². The van der Waals surface area contributed by atoms with E-state index in [4.69, 9.17) is 14.7 Å². The highest BCUT2D eigenvalue weighted by Gasteiger charge is 2.39. The number of oxime groups is 1. The third-order valence-corrected chi connectivity index (χ3v) is 4.07. The van der Waals surface area contributed by atoms with Crippen molar-refractivity contribution in [2.24, 2.45) is 5.16 Å². The molecule has 2 rings (SSSR count). The number of carbonyl (C=O) groups excluding carboxylic acids is 1. The maximum atomic E-state index is 13.1. The summed E-state index contributed by atoms with van der Waals surface area (Å²) in [7, 11) is 2.51. The lowest BCUT2D eigenvalue weighted by Crippen LogP contribution is -2.16. The summed E-state index contributed by atoms with van der Waals surface area (Å²) in [4.78, 5) is 22.9. The van der Waals surface area contributed by atoms with Crippen LogP contribution in [0.2, 0.25) is 0 Å². The number of hydrogen-bond donors (Lipinski definition) is 2. The monoisotopic (exact) mass is 391 g/mol. The Balaban J connectivity index is 2.44. The van der Waals surface area contributed by atoms with Gasteiger partial charge in [-0.05, 0) is 6.92 Å². The highest BCUT2D eigenvalue weighted by Crippen LogP contribution is 2.37. The standard InChI is InChI=1S/C13H12F3N5O4S/c1-5(21-23)7-8(13(14,15)16)19-12(26-7)20-9(22)6-10(24-2)17-4-18-11(6)25-3/h4,23H,1-3H3,(H,19,20,22)/b21-5+. The van der Waals surface area contributed by atoms with Crippen LogP contribution in [0.5, 0.6) is 11.8 Å². The first kappa shape index (κ1) is 19.4. The van der Waals surface area contributed by atoms with Crippen LogP contribution in [0, 0.1) is 0 Å². The fourth-order valence-corrected chi connectivity index (χ4v) is 2.79. The van der Waals surface area contributed by atoms with Crippen LogP contribution in [0.3, 0.4) is 0 Å². The zero-order valence-corrected chi connectivity index (χ0v) is 14.4. The van der Waals surface area contributed by atoms with Crippen LogP contribution in [-0.4, -0.2) is 46.0 Å². The Morgan fingerprint density at radius 3 is 2.31 bits per heavy atom. The topological polar surface area (TPSA) is 119 Å². The molecule has 0 aliphatic rings. The molecule has 0 atom stereocenters. The molecule has 1 amide bonds. The van der Waals surface area contributed by atoms with Gasteiger partial charge in [0.1, 0.15) is 6.33 Å². The quantitative estimate of drug-likeness (QED) is 0.456. The van der Waals surface area contributed by atoms with Crippen molar-refractivity contribution in [2.45, 2.75) is 13.1 Å². The van der Waals surface area contributed by atoms with Gasteiger partial charge in [-0.15, -0.1) is 0 Å². The molecule has 0 spiro atoms. The van der Waals surface area contributed by atoms with Crippen LogP contribution >= 0.6 is 11.3 Å². The first-order chi connectivity index (χ1) is 12.2. The van der Waals surface area contributed by atoms with Crippen LogP contribution < -0.4 is 14.8 Å². The van der Waals surface area contributed by atoms with Gasteiger partial charge in [0.2, 0.25) is 11.8 Å². The van der Waals surface area contributed by atoms with E-state index < -0.39 is 22.7 Å². The highest BCUT2D eigenvalue weighted by molar-refractivity contribution is 7.17. The fraction of sp³-hybridized carbons (Fsp3) is 0.308. The molecule has 2 aromatic heterocycles. The van der Waals surface area contributed by atoms with Gasteiger partial charge >= 0.3 is 6.18 Å². The van der Waals surface area contributed by atoms with Crippen molar-refractivity contribution in [3.05, 3.63) is 22.5 Å². The molecule has 0 saturated heterocycles. The molecule has 0 radical (unpaired) electrons. The van der Waals surface area contributed by atoms with Crippen LogP contribution in [0.1, 0.15) is 27.9 Å². The van der Waals surface area contributed by atoms with E-state index in [2.05, 4.69) is 25.4 Å². The number of rotatable bonds is 5. The van der Waals surface area contributed by atoms with Gasteiger partial charge in [0.15, 0.2) is 16.4 Å². The number of alkyl halides is 3. The molecule has 2 N–H and O–H groups in total. The number of halogens is 3. The number of ether oxygens (including phenoxy) is 2. The summed E-state index contributed by atoms with van der Waals surface area (Å²) in [5.41, 5.74) is -1.79. The average molecular weight is 391 g/mol. The van der Waals surface area contributed by atoms with Crippen molar-refractivity contribution < 1.29 is 32.6 Å². The minimum atomic E-state index is -4.80. The molecule has 0 aromatic carbocycles. The zero-order chi connectivity index (χ0) is 19.5. The minimum Gasteiger partial charge on any atom is -0.480 e. The van der Waals surface area contributed by atoms with E-state index in [0.717, 1.165) is 6.33 Å². The molecule has 2 aromatic rings.